The van der Waals surface area contributed by atoms with Gasteiger partial charge in [-0.2, -0.15) is 0 Å². The van der Waals surface area contributed by atoms with Crippen molar-refractivity contribution in [3.05, 3.63) is 64.0 Å². The van der Waals surface area contributed by atoms with E-state index in [-0.39, 0.29) is 30.4 Å². The lowest BCUT2D eigenvalue weighted by atomic mass is 10.1. The van der Waals surface area contributed by atoms with E-state index in [0.29, 0.717) is 27.6 Å². The lowest BCUT2D eigenvalue weighted by Crippen LogP contribution is -2.38. The molecule has 0 saturated heterocycles. The first-order chi connectivity index (χ1) is 20.3. The van der Waals surface area contributed by atoms with E-state index in [4.69, 9.17) is 14.2 Å². The van der Waals surface area contributed by atoms with Crippen LogP contribution in [0.1, 0.15) is 64.2 Å². The van der Waals surface area contributed by atoms with Gasteiger partial charge in [-0.05, 0) is 68.0 Å². The van der Waals surface area contributed by atoms with E-state index in [9.17, 15) is 22.8 Å². The highest BCUT2D eigenvalue weighted by Crippen LogP contribution is 2.44. The summed E-state index contributed by atoms with van der Waals surface area (Å²) in [7, 11) is -4.03. The molecule has 0 radical (unpaired) electrons. The van der Waals surface area contributed by atoms with Crippen LogP contribution in [0.2, 0.25) is 0 Å². The Morgan fingerprint density at radius 3 is 2.69 bits per heavy atom. The number of benzene rings is 2. The second kappa shape index (κ2) is 11.4. The number of rotatable bonds is 6. The SMILES string of the molecule is CCOC(=O)c1c(NC(=O)CN2C(=O)CC(c3ccc4c(c3)OCO4)S(=O)(=O)c3ccccc32)sc2c1CCCCC2. The van der Waals surface area contributed by atoms with E-state index in [1.54, 1.807) is 37.3 Å². The molecule has 1 N–H and O–H groups in total. The van der Waals surface area contributed by atoms with Gasteiger partial charge < -0.3 is 24.4 Å². The Hall–Kier alpha value is -3.90. The average Bonchev–Trinajstić information content (AvgIpc) is 3.48. The van der Waals surface area contributed by atoms with E-state index < -0.39 is 39.4 Å². The van der Waals surface area contributed by atoms with Crippen molar-refractivity contribution in [2.24, 2.45) is 0 Å². The maximum atomic E-state index is 13.9. The quantitative estimate of drug-likeness (QED) is 0.311. The van der Waals surface area contributed by atoms with E-state index in [2.05, 4.69) is 5.32 Å². The summed E-state index contributed by atoms with van der Waals surface area (Å²) < 4.78 is 43.9. The van der Waals surface area contributed by atoms with Gasteiger partial charge in [0.15, 0.2) is 21.3 Å². The van der Waals surface area contributed by atoms with Gasteiger partial charge in [0, 0.05) is 11.3 Å². The Labute approximate surface area is 247 Å². The molecular formula is C30H30N2O8S2. The van der Waals surface area contributed by atoms with Crippen molar-refractivity contribution < 1.29 is 37.0 Å². The number of carbonyl (C=O) groups excluding carboxylic acids is 3. The molecule has 10 nitrogen and oxygen atoms in total. The summed E-state index contributed by atoms with van der Waals surface area (Å²) in [5.41, 5.74) is 1.82. The summed E-state index contributed by atoms with van der Waals surface area (Å²) in [6.07, 6.45) is 4.19. The summed E-state index contributed by atoms with van der Waals surface area (Å²) in [6, 6.07) is 11.0. The average molecular weight is 611 g/mol. The third kappa shape index (κ3) is 5.13. The molecule has 6 rings (SSSR count). The normalized spacial score (nSPS) is 18.8. The number of aryl methyl sites for hydroxylation is 1. The van der Waals surface area contributed by atoms with Crippen LogP contribution < -0.4 is 19.7 Å². The maximum absolute atomic E-state index is 13.9. The van der Waals surface area contributed by atoms with Crippen LogP contribution >= 0.6 is 11.3 Å². The van der Waals surface area contributed by atoms with Crippen molar-refractivity contribution in [3.63, 3.8) is 0 Å². The highest BCUT2D eigenvalue weighted by molar-refractivity contribution is 7.92. The molecule has 0 fully saturated rings. The van der Waals surface area contributed by atoms with Crippen LogP contribution in [0.4, 0.5) is 10.7 Å². The van der Waals surface area contributed by atoms with Crippen LogP contribution in [0.25, 0.3) is 0 Å². The van der Waals surface area contributed by atoms with Gasteiger partial charge in [-0.25, -0.2) is 13.2 Å². The second-order valence-corrected chi connectivity index (χ2v) is 13.5. The Morgan fingerprint density at radius 2 is 1.86 bits per heavy atom. The number of anilines is 2. The molecule has 0 spiro atoms. The van der Waals surface area contributed by atoms with Crippen molar-refractivity contribution in [1.29, 1.82) is 0 Å². The van der Waals surface area contributed by atoms with Crippen LogP contribution in [0, 0.1) is 0 Å². The first-order valence-corrected chi connectivity index (χ1v) is 16.3. The number of thiophene rings is 1. The smallest absolute Gasteiger partial charge is 0.341 e. The van der Waals surface area contributed by atoms with E-state index in [1.807, 2.05) is 0 Å². The zero-order valence-electron chi connectivity index (χ0n) is 23.0. The lowest BCUT2D eigenvalue weighted by Gasteiger charge is -2.21. The molecule has 2 amide bonds. The molecule has 220 valence electrons. The summed E-state index contributed by atoms with van der Waals surface area (Å²) in [5, 5.41) is 2.06. The Balaban J connectivity index is 1.31. The monoisotopic (exact) mass is 610 g/mol. The zero-order valence-corrected chi connectivity index (χ0v) is 24.6. The Kier molecular flexibility index (Phi) is 7.67. The van der Waals surface area contributed by atoms with Gasteiger partial charge in [0.2, 0.25) is 18.6 Å². The Bertz CT molecular complexity index is 1680. The number of carbonyl (C=O) groups is 3. The topological polar surface area (TPSA) is 128 Å². The fraction of sp³-hybridized carbons (Fsp3) is 0.367. The van der Waals surface area contributed by atoms with Gasteiger partial charge in [0.25, 0.3) is 0 Å². The zero-order chi connectivity index (χ0) is 29.4. The number of sulfone groups is 1. The number of fused-ring (bicyclic) bond motifs is 3. The number of nitrogens with one attached hydrogen (secondary N) is 1. The molecule has 2 aliphatic heterocycles. The standard InChI is InChI=1S/C30H30N2O8S2/c1-2-38-30(35)28-19-8-4-3-5-10-23(19)41-29(28)31-26(33)16-32-20-9-6-7-11-24(20)42(36,37)25(15-27(32)34)18-12-13-21-22(14-18)40-17-39-21/h6-7,9,11-14,25H,2-5,8,10,15-17H2,1H3,(H,31,33). The van der Waals surface area contributed by atoms with Gasteiger partial charge in [0.05, 0.1) is 28.0 Å². The minimum Gasteiger partial charge on any atom is -0.462 e. The predicted molar refractivity (Wildman–Crippen MR) is 156 cm³/mol. The van der Waals surface area contributed by atoms with Gasteiger partial charge >= 0.3 is 5.97 Å². The number of hydrogen-bond acceptors (Lipinski definition) is 9. The van der Waals surface area contributed by atoms with Gasteiger partial charge in [-0.15, -0.1) is 11.3 Å². The summed E-state index contributed by atoms with van der Waals surface area (Å²) >= 11 is 1.36. The number of nitrogens with zero attached hydrogens (tertiary/aromatic N) is 1. The van der Waals surface area contributed by atoms with Crippen molar-refractivity contribution in [1.82, 2.24) is 0 Å². The first kappa shape index (κ1) is 28.2. The molecule has 3 aliphatic rings. The number of esters is 1. The number of hydrogen-bond donors (Lipinski definition) is 1. The fourth-order valence-corrected chi connectivity index (χ4v) is 8.94. The molecule has 1 atom stereocenters. The van der Waals surface area contributed by atoms with Crippen LogP contribution in [-0.2, 0) is 37.0 Å². The van der Waals surface area contributed by atoms with Crippen molar-refractivity contribution in [3.8, 4) is 11.5 Å². The van der Waals surface area contributed by atoms with Gasteiger partial charge in [-0.3, -0.25) is 9.59 Å². The van der Waals surface area contributed by atoms with Crippen molar-refractivity contribution in [2.75, 3.05) is 30.2 Å². The fourth-order valence-electron chi connectivity index (χ4n) is 5.73. The van der Waals surface area contributed by atoms with Crippen LogP contribution in [0.15, 0.2) is 47.4 Å². The summed E-state index contributed by atoms with van der Waals surface area (Å²) in [4.78, 5) is 42.3. The summed E-state index contributed by atoms with van der Waals surface area (Å²) in [5.74, 6) is -0.632. The van der Waals surface area contributed by atoms with Crippen LogP contribution in [0.3, 0.4) is 0 Å². The largest absolute Gasteiger partial charge is 0.462 e. The number of amides is 2. The highest BCUT2D eigenvalue weighted by atomic mass is 32.2. The third-order valence-electron chi connectivity index (χ3n) is 7.72. The molecule has 1 unspecified atom stereocenters. The third-order valence-corrected chi connectivity index (χ3v) is 11.1. The molecule has 42 heavy (non-hydrogen) atoms. The molecule has 0 saturated carbocycles. The lowest BCUT2D eigenvalue weighted by molar-refractivity contribution is -0.121. The molecule has 3 aromatic rings. The maximum Gasteiger partial charge on any atom is 0.341 e. The molecular weight excluding hydrogens is 580 g/mol. The number of para-hydroxylation sites is 1. The van der Waals surface area contributed by atoms with E-state index in [1.165, 1.54) is 28.4 Å². The Morgan fingerprint density at radius 1 is 1.07 bits per heavy atom. The van der Waals surface area contributed by atoms with Gasteiger partial charge in [-0.1, -0.05) is 24.6 Å². The molecule has 12 heteroatoms. The van der Waals surface area contributed by atoms with Crippen molar-refractivity contribution in [2.45, 2.75) is 55.6 Å². The molecule has 1 aromatic heterocycles. The predicted octanol–water partition coefficient (Wildman–Crippen LogP) is 4.81. The molecule has 2 aromatic carbocycles. The minimum atomic E-state index is -4.03. The van der Waals surface area contributed by atoms with E-state index >= 15 is 0 Å². The molecule has 1 aliphatic carbocycles. The van der Waals surface area contributed by atoms with Crippen LogP contribution in [0.5, 0.6) is 11.5 Å². The molecule has 3 heterocycles. The number of ether oxygens (including phenoxy) is 3. The second-order valence-electron chi connectivity index (χ2n) is 10.3. The van der Waals surface area contributed by atoms with Crippen molar-refractivity contribution >= 4 is 49.6 Å². The minimum absolute atomic E-state index is 0.0337. The van der Waals surface area contributed by atoms with E-state index in [0.717, 1.165) is 42.5 Å². The molecule has 0 bridgehead atoms. The van der Waals surface area contributed by atoms with Gasteiger partial charge in [0.1, 0.15) is 11.5 Å². The summed E-state index contributed by atoms with van der Waals surface area (Å²) in [6.45, 7) is 1.54. The first-order valence-electron chi connectivity index (χ1n) is 13.9. The van der Waals surface area contributed by atoms with Crippen LogP contribution in [-0.4, -0.2) is 46.1 Å². The highest BCUT2D eigenvalue weighted by Gasteiger charge is 2.40.